The van der Waals surface area contributed by atoms with Crippen LogP contribution >= 0.6 is 0 Å². The zero-order valence-electron chi connectivity index (χ0n) is 14.9. The van der Waals surface area contributed by atoms with Crippen LogP contribution in [0.5, 0.6) is 17.2 Å². The molecule has 0 heterocycles. The Kier molecular flexibility index (Phi) is 6.23. The van der Waals surface area contributed by atoms with Crippen molar-refractivity contribution in [2.24, 2.45) is 0 Å². The van der Waals surface area contributed by atoms with E-state index in [1.54, 1.807) is 43.3 Å². The van der Waals surface area contributed by atoms with Crippen molar-refractivity contribution < 1.29 is 19.4 Å². The van der Waals surface area contributed by atoms with Gasteiger partial charge in [-0.2, -0.15) is 5.26 Å². The summed E-state index contributed by atoms with van der Waals surface area (Å²) in [6.07, 6.45) is 1.44. The van der Waals surface area contributed by atoms with Crippen molar-refractivity contribution in [1.29, 1.82) is 5.26 Å². The molecular formula is C20H20N2O4. The fourth-order valence-electron chi connectivity index (χ4n) is 2.37. The Morgan fingerprint density at radius 2 is 2.04 bits per heavy atom. The van der Waals surface area contributed by atoms with E-state index in [4.69, 9.17) is 9.47 Å². The zero-order chi connectivity index (χ0) is 19.1. The quantitative estimate of drug-likeness (QED) is 0.611. The second-order valence-electron chi connectivity index (χ2n) is 5.44. The number of aryl methyl sites for hydroxylation is 1. The lowest BCUT2D eigenvalue weighted by Crippen LogP contribution is -2.14. The van der Waals surface area contributed by atoms with Crippen LogP contribution in [0.1, 0.15) is 18.1 Å². The van der Waals surface area contributed by atoms with Crippen molar-refractivity contribution >= 4 is 17.7 Å². The largest absolute Gasteiger partial charge is 0.504 e. The Balaban J connectivity index is 2.31. The summed E-state index contributed by atoms with van der Waals surface area (Å²) in [7, 11) is 1.44. The predicted molar refractivity (Wildman–Crippen MR) is 99.2 cm³/mol. The molecule has 0 spiro atoms. The molecule has 2 aromatic rings. The van der Waals surface area contributed by atoms with E-state index in [0.717, 1.165) is 0 Å². The van der Waals surface area contributed by atoms with Crippen LogP contribution in [0.15, 0.2) is 42.0 Å². The third kappa shape index (κ3) is 4.33. The average molecular weight is 352 g/mol. The number of hydrogen-bond donors (Lipinski definition) is 2. The third-order valence-electron chi connectivity index (χ3n) is 3.62. The lowest BCUT2D eigenvalue weighted by atomic mass is 10.1. The Bertz CT molecular complexity index is 882. The molecule has 6 heteroatoms. The highest BCUT2D eigenvalue weighted by Gasteiger charge is 2.13. The highest BCUT2D eigenvalue weighted by atomic mass is 16.5. The van der Waals surface area contributed by atoms with E-state index in [1.165, 1.54) is 13.2 Å². The van der Waals surface area contributed by atoms with Crippen LogP contribution in [0.25, 0.3) is 6.08 Å². The molecule has 1 amide bonds. The molecular weight excluding hydrogens is 332 g/mol. The van der Waals surface area contributed by atoms with Crippen LogP contribution in [-0.2, 0) is 4.79 Å². The van der Waals surface area contributed by atoms with Crippen molar-refractivity contribution in [2.45, 2.75) is 13.8 Å². The minimum Gasteiger partial charge on any atom is -0.504 e. The molecule has 0 fully saturated rings. The number of nitriles is 1. The van der Waals surface area contributed by atoms with Crippen molar-refractivity contribution in [3.05, 3.63) is 53.1 Å². The number of hydrogen-bond acceptors (Lipinski definition) is 5. The number of nitrogens with one attached hydrogen (secondary N) is 1. The molecule has 0 aliphatic carbocycles. The second kappa shape index (κ2) is 8.58. The molecule has 2 aromatic carbocycles. The summed E-state index contributed by atoms with van der Waals surface area (Å²) < 4.78 is 10.6. The Morgan fingerprint density at radius 3 is 2.69 bits per heavy atom. The molecule has 2 N–H and O–H groups in total. The highest BCUT2D eigenvalue weighted by molar-refractivity contribution is 6.10. The molecule has 134 valence electrons. The first-order valence-corrected chi connectivity index (χ1v) is 8.02. The normalized spacial score (nSPS) is 10.8. The molecule has 0 aliphatic heterocycles. The average Bonchev–Trinajstić information content (AvgIpc) is 2.64. The maximum Gasteiger partial charge on any atom is 0.266 e. The lowest BCUT2D eigenvalue weighted by molar-refractivity contribution is -0.112. The lowest BCUT2D eigenvalue weighted by Gasteiger charge is -2.11. The first-order valence-electron chi connectivity index (χ1n) is 8.02. The molecule has 26 heavy (non-hydrogen) atoms. The number of phenols is 1. The van der Waals surface area contributed by atoms with Crippen molar-refractivity contribution in [3.63, 3.8) is 0 Å². The van der Waals surface area contributed by atoms with Gasteiger partial charge in [-0.15, -0.1) is 0 Å². The molecule has 0 radical (unpaired) electrons. The smallest absolute Gasteiger partial charge is 0.266 e. The summed E-state index contributed by atoms with van der Waals surface area (Å²) >= 11 is 0. The van der Waals surface area contributed by atoms with Gasteiger partial charge in [0.2, 0.25) is 0 Å². The van der Waals surface area contributed by atoms with E-state index in [-0.39, 0.29) is 17.1 Å². The number of aromatic hydroxyl groups is 1. The van der Waals surface area contributed by atoms with E-state index >= 15 is 0 Å². The van der Waals surface area contributed by atoms with E-state index in [0.29, 0.717) is 29.2 Å². The number of carbonyl (C=O) groups excluding carboxylic acids is 1. The molecule has 0 aliphatic rings. The molecule has 0 saturated heterocycles. The summed E-state index contributed by atoms with van der Waals surface area (Å²) in [6.45, 7) is 4.01. The Labute approximate surface area is 152 Å². The second-order valence-corrected chi connectivity index (χ2v) is 5.44. The number of para-hydroxylation sites is 2. The number of amides is 1. The molecule has 0 unspecified atom stereocenters. The monoisotopic (exact) mass is 352 g/mol. The minimum absolute atomic E-state index is 0.0262. The van der Waals surface area contributed by atoms with E-state index in [2.05, 4.69) is 5.32 Å². The van der Waals surface area contributed by atoms with Crippen LogP contribution in [-0.4, -0.2) is 24.7 Å². The molecule has 6 nitrogen and oxygen atoms in total. The SMILES string of the molecule is CCOc1ccccc1NC(=O)C(C#N)=Cc1cc(C)c(O)c(OC)c1. The van der Waals surface area contributed by atoms with Crippen LogP contribution in [0, 0.1) is 18.3 Å². The van der Waals surface area contributed by atoms with Crippen molar-refractivity contribution in [3.8, 4) is 23.3 Å². The van der Waals surface area contributed by atoms with Gasteiger partial charge in [-0.3, -0.25) is 4.79 Å². The number of ether oxygens (including phenoxy) is 2. The van der Waals surface area contributed by atoms with Gasteiger partial charge in [0.25, 0.3) is 5.91 Å². The summed E-state index contributed by atoms with van der Waals surface area (Å²) in [5.74, 6) is 0.279. The number of benzene rings is 2. The summed E-state index contributed by atoms with van der Waals surface area (Å²) in [4.78, 5) is 12.5. The first-order chi connectivity index (χ1) is 12.5. The third-order valence-corrected chi connectivity index (χ3v) is 3.62. The number of nitrogens with zero attached hydrogens (tertiary/aromatic N) is 1. The first kappa shape index (κ1) is 18.9. The molecule has 2 rings (SSSR count). The van der Waals surface area contributed by atoms with Gasteiger partial charge >= 0.3 is 0 Å². The fourth-order valence-corrected chi connectivity index (χ4v) is 2.37. The molecule has 0 atom stereocenters. The molecule has 0 saturated carbocycles. The molecule has 0 bridgehead atoms. The summed E-state index contributed by atoms with van der Waals surface area (Å²) in [5, 5.41) is 21.9. The summed E-state index contributed by atoms with van der Waals surface area (Å²) in [6, 6.07) is 12.1. The standard InChI is InChI=1S/C20H20N2O4/c1-4-26-17-8-6-5-7-16(17)22-20(24)15(12-21)10-14-9-13(2)19(23)18(11-14)25-3/h5-11,23H,4H2,1-3H3,(H,22,24). The summed E-state index contributed by atoms with van der Waals surface area (Å²) in [5.41, 5.74) is 1.56. The van der Waals surface area contributed by atoms with Crippen LogP contribution < -0.4 is 14.8 Å². The van der Waals surface area contributed by atoms with Gasteiger partial charge in [-0.05, 0) is 55.3 Å². The minimum atomic E-state index is -0.552. The predicted octanol–water partition coefficient (Wildman–Crippen LogP) is 3.65. The van der Waals surface area contributed by atoms with Gasteiger partial charge in [0.05, 0.1) is 19.4 Å². The number of anilines is 1. The zero-order valence-corrected chi connectivity index (χ0v) is 14.9. The number of carbonyl (C=O) groups is 1. The fraction of sp³-hybridized carbons (Fsp3) is 0.200. The van der Waals surface area contributed by atoms with Gasteiger partial charge in [0.15, 0.2) is 11.5 Å². The van der Waals surface area contributed by atoms with Gasteiger partial charge in [0.1, 0.15) is 17.4 Å². The van der Waals surface area contributed by atoms with Crippen molar-refractivity contribution in [1.82, 2.24) is 0 Å². The van der Waals surface area contributed by atoms with Gasteiger partial charge < -0.3 is 19.9 Å². The van der Waals surface area contributed by atoms with Crippen molar-refractivity contribution in [2.75, 3.05) is 19.0 Å². The van der Waals surface area contributed by atoms with E-state index < -0.39 is 5.91 Å². The highest BCUT2D eigenvalue weighted by Crippen LogP contribution is 2.31. The van der Waals surface area contributed by atoms with E-state index in [9.17, 15) is 15.2 Å². The number of methoxy groups -OCH3 is 1. The number of rotatable bonds is 6. The van der Waals surface area contributed by atoms with Gasteiger partial charge in [-0.1, -0.05) is 12.1 Å². The maximum atomic E-state index is 12.5. The van der Waals surface area contributed by atoms with Crippen LogP contribution in [0.4, 0.5) is 5.69 Å². The topological polar surface area (TPSA) is 91.6 Å². The Morgan fingerprint density at radius 1 is 1.31 bits per heavy atom. The van der Waals surface area contributed by atoms with Gasteiger partial charge in [0, 0.05) is 0 Å². The number of phenolic OH excluding ortho intramolecular Hbond substituents is 1. The van der Waals surface area contributed by atoms with Crippen LogP contribution in [0.2, 0.25) is 0 Å². The van der Waals surface area contributed by atoms with Gasteiger partial charge in [-0.25, -0.2) is 0 Å². The maximum absolute atomic E-state index is 12.5. The van der Waals surface area contributed by atoms with E-state index in [1.807, 2.05) is 13.0 Å². The Hall–Kier alpha value is -3.46. The molecule has 0 aromatic heterocycles. The van der Waals surface area contributed by atoms with Crippen LogP contribution in [0.3, 0.4) is 0 Å².